The van der Waals surface area contributed by atoms with Gasteiger partial charge >= 0.3 is 5.97 Å². The van der Waals surface area contributed by atoms with Crippen molar-refractivity contribution in [1.82, 2.24) is 4.90 Å². The van der Waals surface area contributed by atoms with Crippen molar-refractivity contribution in [3.8, 4) is 5.75 Å². The molecule has 0 aromatic heterocycles. The lowest BCUT2D eigenvalue weighted by Gasteiger charge is -2.28. The van der Waals surface area contributed by atoms with E-state index in [4.69, 9.17) is 4.74 Å². The topological polar surface area (TPSA) is 49.8 Å². The van der Waals surface area contributed by atoms with Crippen LogP contribution in [0.4, 0.5) is 0 Å². The second kappa shape index (κ2) is 7.79. The molecule has 0 radical (unpaired) electrons. The number of carboxylic acid groups (broad SMARTS) is 1. The smallest absolute Gasteiger partial charge is 0.325 e. The number of hydrogen-bond donors (Lipinski definition) is 1. The molecule has 1 aromatic rings. The van der Waals surface area contributed by atoms with E-state index in [1.807, 2.05) is 30.0 Å². The molecule has 1 rings (SSSR count). The molecule has 0 heterocycles. The Hall–Kier alpha value is -1.55. The molecular formula is C15H23NO3. The lowest BCUT2D eigenvalue weighted by molar-refractivity contribution is -0.143. The molecule has 0 aliphatic heterocycles. The lowest BCUT2D eigenvalue weighted by atomic mass is 10.0. The summed E-state index contributed by atoms with van der Waals surface area (Å²) in [7, 11) is 1.57. The van der Waals surface area contributed by atoms with Crippen LogP contribution >= 0.6 is 0 Å². The Kier molecular flexibility index (Phi) is 6.36. The van der Waals surface area contributed by atoms with Crippen LogP contribution < -0.4 is 4.74 Å². The predicted molar refractivity (Wildman–Crippen MR) is 75.5 cm³/mol. The largest absolute Gasteiger partial charge is 0.496 e. The van der Waals surface area contributed by atoms with Crippen molar-refractivity contribution in [2.45, 2.75) is 32.7 Å². The first kappa shape index (κ1) is 15.5. The van der Waals surface area contributed by atoms with Gasteiger partial charge in [0.1, 0.15) is 11.8 Å². The Labute approximate surface area is 115 Å². The van der Waals surface area contributed by atoms with Gasteiger partial charge in [0.15, 0.2) is 0 Å². The van der Waals surface area contributed by atoms with Gasteiger partial charge in [0, 0.05) is 5.56 Å². The number of methoxy groups -OCH3 is 1. The SMILES string of the molecule is CCCCN(CC)C(C(=O)O)c1ccccc1OC. The summed E-state index contributed by atoms with van der Waals surface area (Å²) in [5, 5.41) is 9.55. The zero-order valence-electron chi connectivity index (χ0n) is 11.9. The number of hydrogen-bond acceptors (Lipinski definition) is 3. The van der Waals surface area contributed by atoms with Crippen molar-refractivity contribution in [3.63, 3.8) is 0 Å². The molecule has 1 aromatic carbocycles. The molecule has 0 saturated carbocycles. The number of benzene rings is 1. The third-order valence-electron chi connectivity index (χ3n) is 3.24. The molecule has 1 atom stereocenters. The minimum atomic E-state index is -0.831. The first-order valence-corrected chi connectivity index (χ1v) is 6.75. The molecule has 0 aliphatic rings. The Morgan fingerprint density at radius 3 is 2.58 bits per heavy atom. The van der Waals surface area contributed by atoms with E-state index in [1.165, 1.54) is 0 Å². The van der Waals surface area contributed by atoms with Crippen molar-refractivity contribution >= 4 is 5.97 Å². The van der Waals surface area contributed by atoms with Crippen LogP contribution in [0.15, 0.2) is 24.3 Å². The van der Waals surface area contributed by atoms with Gasteiger partial charge in [-0.05, 0) is 25.6 Å². The number of rotatable bonds is 8. The Balaban J connectivity index is 3.07. The number of unbranched alkanes of at least 4 members (excludes halogenated alkanes) is 1. The zero-order chi connectivity index (χ0) is 14.3. The standard InChI is InChI=1S/C15H23NO3/c1-4-6-11-16(5-2)14(15(17)18)12-9-7-8-10-13(12)19-3/h7-10,14H,4-6,11H2,1-3H3,(H,17,18). The maximum absolute atomic E-state index is 11.6. The highest BCUT2D eigenvalue weighted by atomic mass is 16.5. The molecular weight excluding hydrogens is 242 g/mol. The Morgan fingerprint density at radius 2 is 2.05 bits per heavy atom. The second-order valence-corrected chi connectivity index (χ2v) is 4.46. The number of aliphatic carboxylic acids is 1. The van der Waals surface area contributed by atoms with Crippen LogP contribution in [0.5, 0.6) is 5.75 Å². The molecule has 0 bridgehead atoms. The van der Waals surface area contributed by atoms with Crippen LogP contribution in [0.1, 0.15) is 38.3 Å². The van der Waals surface area contributed by atoms with Gasteiger partial charge in [-0.2, -0.15) is 0 Å². The quantitative estimate of drug-likeness (QED) is 0.785. The maximum Gasteiger partial charge on any atom is 0.325 e. The van der Waals surface area contributed by atoms with Gasteiger partial charge in [-0.1, -0.05) is 38.5 Å². The molecule has 1 N–H and O–H groups in total. The van der Waals surface area contributed by atoms with Crippen LogP contribution in [0.25, 0.3) is 0 Å². The number of para-hydroxylation sites is 1. The second-order valence-electron chi connectivity index (χ2n) is 4.46. The molecule has 19 heavy (non-hydrogen) atoms. The maximum atomic E-state index is 11.6. The summed E-state index contributed by atoms with van der Waals surface area (Å²) in [6.07, 6.45) is 2.04. The normalized spacial score (nSPS) is 12.4. The van der Waals surface area contributed by atoms with Gasteiger partial charge in [0.25, 0.3) is 0 Å². The fraction of sp³-hybridized carbons (Fsp3) is 0.533. The van der Waals surface area contributed by atoms with Gasteiger partial charge in [-0.15, -0.1) is 0 Å². The monoisotopic (exact) mass is 265 g/mol. The van der Waals surface area contributed by atoms with E-state index < -0.39 is 12.0 Å². The number of likely N-dealkylation sites (N-methyl/N-ethyl adjacent to an activating group) is 1. The summed E-state index contributed by atoms with van der Waals surface area (Å²) in [5.41, 5.74) is 0.718. The van der Waals surface area contributed by atoms with E-state index in [0.717, 1.165) is 24.9 Å². The summed E-state index contributed by atoms with van der Waals surface area (Å²) in [6.45, 7) is 5.57. The Morgan fingerprint density at radius 1 is 1.37 bits per heavy atom. The minimum Gasteiger partial charge on any atom is -0.496 e. The van der Waals surface area contributed by atoms with E-state index in [-0.39, 0.29) is 0 Å². The van der Waals surface area contributed by atoms with Crippen molar-refractivity contribution in [3.05, 3.63) is 29.8 Å². The number of carbonyl (C=O) groups is 1. The van der Waals surface area contributed by atoms with Gasteiger partial charge < -0.3 is 9.84 Å². The summed E-state index contributed by atoms with van der Waals surface area (Å²) >= 11 is 0. The predicted octanol–water partition coefficient (Wildman–Crippen LogP) is 2.94. The molecule has 0 saturated heterocycles. The highest BCUT2D eigenvalue weighted by Crippen LogP contribution is 2.29. The summed E-state index contributed by atoms with van der Waals surface area (Å²) < 4.78 is 5.29. The minimum absolute atomic E-state index is 0.629. The van der Waals surface area contributed by atoms with Gasteiger partial charge in [0.05, 0.1) is 7.11 Å². The molecule has 4 nitrogen and oxygen atoms in total. The highest BCUT2D eigenvalue weighted by Gasteiger charge is 2.28. The van der Waals surface area contributed by atoms with E-state index in [1.54, 1.807) is 13.2 Å². The van der Waals surface area contributed by atoms with E-state index in [2.05, 4.69) is 6.92 Å². The van der Waals surface area contributed by atoms with E-state index in [9.17, 15) is 9.90 Å². The summed E-state index contributed by atoms with van der Waals surface area (Å²) in [6, 6.07) is 6.68. The van der Waals surface area contributed by atoms with Gasteiger partial charge in [0.2, 0.25) is 0 Å². The average molecular weight is 265 g/mol. The number of carboxylic acids is 1. The number of ether oxygens (including phenoxy) is 1. The zero-order valence-corrected chi connectivity index (χ0v) is 11.9. The van der Waals surface area contributed by atoms with Crippen LogP contribution in [-0.4, -0.2) is 36.2 Å². The fourth-order valence-electron chi connectivity index (χ4n) is 2.21. The van der Waals surface area contributed by atoms with Crippen molar-refractivity contribution in [2.24, 2.45) is 0 Å². The Bertz CT molecular complexity index is 406. The number of nitrogens with zero attached hydrogens (tertiary/aromatic N) is 1. The molecule has 0 amide bonds. The van der Waals surface area contributed by atoms with Crippen LogP contribution in [-0.2, 0) is 4.79 Å². The van der Waals surface area contributed by atoms with Crippen molar-refractivity contribution in [2.75, 3.05) is 20.2 Å². The van der Waals surface area contributed by atoms with E-state index >= 15 is 0 Å². The third-order valence-corrected chi connectivity index (χ3v) is 3.24. The summed E-state index contributed by atoms with van der Waals surface area (Å²) in [4.78, 5) is 13.6. The first-order chi connectivity index (χ1) is 9.15. The lowest BCUT2D eigenvalue weighted by Crippen LogP contribution is -2.35. The molecule has 0 aliphatic carbocycles. The molecule has 0 fully saturated rings. The van der Waals surface area contributed by atoms with Gasteiger partial charge in [-0.3, -0.25) is 9.69 Å². The molecule has 1 unspecified atom stereocenters. The summed E-state index contributed by atoms with van der Waals surface area (Å²) in [5.74, 6) is -0.202. The third kappa shape index (κ3) is 3.96. The van der Waals surface area contributed by atoms with Crippen molar-refractivity contribution in [1.29, 1.82) is 0 Å². The first-order valence-electron chi connectivity index (χ1n) is 6.75. The van der Waals surface area contributed by atoms with Crippen LogP contribution in [0.3, 0.4) is 0 Å². The molecule has 106 valence electrons. The highest BCUT2D eigenvalue weighted by molar-refractivity contribution is 5.76. The van der Waals surface area contributed by atoms with Crippen LogP contribution in [0.2, 0.25) is 0 Å². The van der Waals surface area contributed by atoms with Crippen LogP contribution in [0, 0.1) is 0 Å². The van der Waals surface area contributed by atoms with Crippen molar-refractivity contribution < 1.29 is 14.6 Å². The van der Waals surface area contributed by atoms with E-state index in [0.29, 0.717) is 12.3 Å². The fourth-order valence-corrected chi connectivity index (χ4v) is 2.21. The average Bonchev–Trinajstić information content (AvgIpc) is 2.43. The molecule has 0 spiro atoms. The van der Waals surface area contributed by atoms with Gasteiger partial charge in [-0.25, -0.2) is 0 Å². The molecule has 4 heteroatoms.